The van der Waals surface area contributed by atoms with Gasteiger partial charge in [-0.05, 0) is 26.0 Å². The van der Waals surface area contributed by atoms with Crippen molar-refractivity contribution in [3.05, 3.63) is 23.8 Å². The summed E-state index contributed by atoms with van der Waals surface area (Å²) in [4.78, 5) is 13.8. The molecule has 106 valence electrons. The molecule has 1 rings (SSSR count). The lowest BCUT2D eigenvalue weighted by atomic mass is 10.1. The van der Waals surface area contributed by atoms with Crippen LogP contribution in [0.5, 0.6) is 11.5 Å². The molecule has 0 aliphatic carbocycles. The Bertz CT molecular complexity index is 451. The minimum atomic E-state index is -0.948. The number of hydrogen-bond acceptors (Lipinski definition) is 4. The number of carbonyl (C=O) groups excluding carboxylic acids is 1. The summed E-state index contributed by atoms with van der Waals surface area (Å²) in [7, 11) is 4.65. The number of hydrogen-bond donors (Lipinski definition) is 1. The van der Waals surface area contributed by atoms with Gasteiger partial charge in [-0.15, -0.1) is 0 Å². The van der Waals surface area contributed by atoms with Crippen LogP contribution in [0, 0.1) is 0 Å². The maximum Gasteiger partial charge on any atom is 0.257 e. The summed E-state index contributed by atoms with van der Waals surface area (Å²) in [6.07, 6.45) is 0. The number of ether oxygens (including phenoxy) is 2. The number of benzene rings is 1. The van der Waals surface area contributed by atoms with E-state index in [1.165, 1.54) is 19.1 Å². The van der Waals surface area contributed by atoms with Crippen LogP contribution in [-0.2, 0) is 0 Å². The van der Waals surface area contributed by atoms with Crippen molar-refractivity contribution in [3.8, 4) is 11.5 Å². The normalized spacial score (nSPS) is 11.1. The minimum Gasteiger partial charge on any atom is -0.493 e. The van der Waals surface area contributed by atoms with Gasteiger partial charge in [0.2, 0.25) is 0 Å². The zero-order valence-electron chi connectivity index (χ0n) is 12.1. The number of carbonyl (C=O) groups is 1. The number of likely N-dealkylation sites (N-methyl/N-ethyl adjacent to an activating group) is 1. The highest BCUT2D eigenvalue weighted by atomic mass is 16.5. The predicted molar refractivity (Wildman–Crippen MR) is 72.8 cm³/mol. The first-order valence-corrected chi connectivity index (χ1v) is 5.99. The SMILES string of the molecule is COc1cccc(C(=O)N(C)CC(C)(C)O)c1OC. The van der Waals surface area contributed by atoms with Crippen molar-refractivity contribution < 1.29 is 19.4 Å². The Morgan fingerprint density at radius 1 is 1.32 bits per heavy atom. The van der Waals surface area contributed by atoms with Crippen LogP contribution < -0.4 is 9.47 Å². The average molecular weight is 267 g/mol. The van der Waals surface area contributed by atoms with Gasteiger partial charge < -0.3 is 19.5 Å². The molecule has 0 aromatic heterocycles. The Hall–Kier alpha value is -1.75. The van der Waals surface area contributed by atoms with E-state index < -0.39 is 5.60 Å². The van der Waals surface area contributed by atoms with E-state index in [0.717, 1.165) is 0 Å². The van der Waals surface area contributed by atoms with Gasteiger partial charge in [0.15, 0.2) is 11.5 Å². The van der Waals surface area contributed by atoms with Crippen LogP contribution in [0.15, 0.2) is 18.2 Å². The van der Waals surface area contributed by atoms with Gasteiger partial charge >= 0.3 is 0 Å². The molecule has 0 saturated heterocycles. The van der Waals surface area contributed by atoms with E-state index in [0.29, 0.717) is 17.1 Å². The average Bonchev–Trinajstić information content (AvgIpc) is 2.34. The Morgan fingerprint density at radius 2 is 1.95 bits per heavy atom. The maximum absolute atomic E-state index is 12.3. The van der Waals surface area contributed by atoms with Crippen molar-refractivity contribution >= 4 is 5.91 Å². The van der Waals surface area contributed by atoms with Crippen molar-refractivity contribution in [2.24, 2.45) is 0 Å². The second-order valence-electron chi connectivity index (χ2n) is 5.01. The summed E-state index contributed by atoms with van der Waals surface area (Å²) >= 11 is 0. The molecule has 5 heteroatoms. The number of aliphatic hydroxyl groups is 1. The first-order chi connectivity index (χ1) is 8.80. The summed E-state index contributed by atoms with van der Waals surface area (Å²) in [6, 6.07) is 5.13. The predicted octanol–water partition coefficient (Wildman–Crippen LogP) is 1.55. The van der Waals surface area contributed by atoms with Crippen LogP contribution in [0.4, 0.5) is 0 Å². The van der Waals surface area contributed by atoms with Crippen LogP contribution in [0.3, 0.4) is 0 Å². The third-order valence-corrected chi connectivity index (χ3v) is 2.60. The van der Waals surface area contributed by atoms with Crippen molar-refractivity contribution in [1.29, 1.82) is 0 Å². The van der Waals surface area contributed by atoms with Gasteiger partial charge in [0.05, 0.1) is 25.4 Å². The minimum absolute atomic E-state index is 0.224. The van der Waals surface area contributed by atoms with Crippen molar-refractivity contribution in [3.63, 3.8) is 0 Å². The molecule has 0 radical (unpaired) electrons. The highest BCUT2D eigenvalue weighted by Crippen LogP contribution is 2.31. The van der Waals surface area contributed by atoms with Crippen LogP contribution in [0.1, 0.15) is 24.2 Å². The zero-order chi connectivity index (χ0) is 14.6. The monoisotopic (exact) mass is 267 g/mol. The topological polar surface area (TPSA) is 59.0 Å². The molecule has 19 heavy (non-hydrogen) atoms. The van der Waals surface area contributed by atoms with Crippen molar-refractivity contribution in [2.75, 3.05) is 27.8 Å². The lowest BCUT2D eigenvalue weighted by Gasteiger charge is -2.26. The Kier molecular flexibility index (Phi) is 4.78. The summed E-state index contributed by atoms with van der Waals surface area (Å²) in [6.45, 7) is 3.53. The van der Waals surface area contributed by atoms with Crippen LogP contribution in [-0.4, -0.2) is 49.3 Å². The second kappa shape index (κ2) is 5.93. The summed E-state index contributed by atoms with van der Waals surface area (Å²) < 4.78 is 10.4. The quantitative estimate of drug-likeness (QED) is 0.879. The Labute approximate surface area is 113 Å². The van der Waals surface area contributed by atoms with Crippen LogP contribution in [0.2, 0.25) is 0 Å². The number of methoxy groups -OCH3 is 2. The molecule has 0 bridgehead atoms. The second-order valence-corrected chi connectivity index (χ2v) is 5.01. The van der Waals surface area contributed by atoms with E-state index in [4.69, 9.17) is 9.47 Å². The molecular weight excluding hydrogens is 246 g/mol. The molecule has 0 heterocycles. The van der Waals surface area contributed by atoms with Crippen molar-refractivity contribution in [1.82, 2.24) is 4.90 Å². The van der Waals surface area contributed by atoms with E-state index in [-0.39, 0.29) is 12.5 Å². The van der Waals surface area contributed by atoms with E-state index in [1.54, 1.807) is 39.1 Å². The van der Waals surface area contributed by atoms with Crippen LogP contribution in [0.25, 0.3) is 0 Å². The fraction of sp³-hybridized carbons (Fsp3) is 0.500. The highest BCUT2D eigenvalue weighted by Gasteiger charge is 2.23. The zero-order valence-corrected chi connectivity index (χ0v) is 12.1. The van der Waals surface area contributed by atoms with Crippen LogP contribution >= 0.6 is 0 Å². The summed E-state index contributed by atoms with van der Waals surface area (Å²) in [5, 5.41) is 9.76. The Morgan fingerprint density at radius 3 is 2.42 bits per heavy atom. The number of amides is 1. The highest BCUT2D eigenvalue weighted by molar-refractivity contribution is 5.97. The number of rotatable bonds is 5. The van der Waals surface area contributed by atoms with Gasteiger partial charge in [-0.25, -0.2) is 0 Å². The molecule has 1 amide bonds. The third kappa shape index (κ3) is 3.86. The molecule has 1 aromatic rings. The molecule has 1 N–H and O–H groups in total. The molecular formula is C14H21NO4. The standard InChI is InChI=1S/C14H21NO4/c1-14(2,17)9-15(3)13(16)10-7-6-8-11(18-4)12(10)19-5/h6-8,17H,9H2,1-5H3. The van der Waals surface area contributed by atoms with Gasteiger partial charge in [-0.1, -0.05) is 6.07 Å². The molecule has 1 aromatic carbocycles. The first-order valence-electron chi connectivity index (χ1n) is 5.99. The lowest BCUT2D eigenvalue weighted by Crippen LogP contribution is -2.39. The maximum atomic E-state index is 12.3. The number of para-hydroxylation sites is 1. The largest absolute Gasteiger partial charge is 0.493 e. The molecule has 0 aliphatic heterocycles. The van der Waals surface area contributed by atoms with Gasteiger partial charge in [0, 0.05) is 13.6 Å². The van der Waals surface area contributed by atoms with Gasteiger partial charge in [-0.3, -0.25) is 4.79 Å². The lowest BCUT2D eigenvalue weighted by molar-refractivity contribution is 0.0366. The van der Waals surface area contributed by atoms with Crippen molar-refractivity contribution in [2.45, 2.75) is 19.4 Å². The number of nitrogens with zero attached hydrogens (tertiary/aromatic N) is 1. The van der Waals surface area contributed by atoms with E-state index in [9.17, 15) is 9.90 Å². The van der Waals surface area contributed by atoms with E-state index in [1.807, 2.05) is 0 Å². The Balaban J connectivity index is 3.06. The molecule has 0 aliphatic rings. The fourth-order valence-electron chi connectivity index (χ4n) is 1.91. The molecule has 0 unspecified atom stereocenters. The molecule has 0 fully saturated rings. The smallest absolute Gasteiger partial charge is 0.257 e. The van der Waals surface area contributed by atoms with E-state index in [2.05, 4.69) is 0 Å². The fourth-order valence-corrected chi connectivity index (χ4v) is 1.91. The van der Waals surface area contributed by atoms with Gasteiger partial charge in [0.25, 0.3) is 5.91 Å². The molecule has 0 saturated carbocycles. The summed E-state index contributed by atoms with van der Waals surface area (Å²) in [5.41, 5.74) is -0.537. The van der Waals surface area contributed by atoms with Gasteiger partial charge in [-0.2, -0.15) is 0 Å². The molecule has 0 spiro atoms. The third-order valence-electron chi connectivity index (χ3n) is 2.60. The summed E-state index contributed by atoms with van der Waals surface area (Å²) in [5.74, 6) is 0.681. The van der Waals surface area contributed by atoms with E-state index >= 15 is 0 Å². The molecule has 5 nitrogen and oxygen atoms in total. The first kappa shape index (κ1) is 15.3. The molecule has 0 atom stereocenters. The van der Waals surface area contributed by atoms with Gasteiger partial charge in [0.1, 0.15) is 0 Å².